The van der Waals surface area contributed by atoms with Gasteiger partial charge in [0.1, 0.15) is 5.78 Å². The number of carbonyl (C=O) groups is 2. The first kappa shape index (κ1) is 15.7. The van der Waals surface area contributed by atoms with Gasteiger partial charge in [0.2, 0.25) is 0 Å². The molecule has 0 aliphatic heterocycles. The second kappa shape index (κ2) is 6.69. The first-order valence-corrected chi connectivity index (χ1v) is 6.90. The number of carbonyl (C=O) groups excluding carboxylic acids is 2. The molecule has 0 saturated heterocycles. The van der Waals surface area contributed by atoms with Gasteiger partial charge in [-0.05, 0) is 26.2 Å². The van der Waals surface area contributed by atoms with Crippen LogP contribution in [0.3, 0.4) is 0 Å². The second-order valence-corrected chi connectivity index (χ2v) is 5.72. The molecule has 3 nitrogen and oxygen atoms in total. The number of hydrogen-bond donors (Lipinski definition) is 0. The van der Waals surface area contributed by atoms with Gasteiger partial charge in [-0.2, -0.15) is 0 Å². The van der Waals surface area contributed by atoms with Crippen LogP contribution in [0.2, 0.25) is 0 Å². The Morgan fingerprint density at radius 3 is 2.42 bits per heavy atom. The van der Waals surface area contributed by atoms with Crippen LogP contribution in [-0.4, -0.2) is 18.4 Å². The standard InChI is InChI=1S/C16H24O3/c1-5-19-15(18)14-9-11-16(3,4)10-8-13(14)7-6-12(2)17/h8-11,13-14H,5-7H2,1-4H3/t13-,14+/m1/s1. The van der Waals surface area contributed by atoms with Crippen molar-refractivity contribution in [2.75, 3.05) is 6.61 Å². The molecule has 0 heterocycles. The summed E-state index contributed by atoms with van der Waals surface area (Å²) in [5.41, 5.74) is -0.0598. The molecule has 0 aromatic carbocycles. The van der Waals surface area contributed by atoms with Crippen molar-refractivity contribution in [2.45, 2.75) is 40.5 Å². The minimum absolute atomic E-state index is 0.0426. The van der Waals surface area contributed by atoms with E-state index in [1.165, 1.54) is 0 Å². The Hall–Kier alpha value is -1.38. The molecule has 0 unspecified atom stereocenters. The third-order valence-corrected chi connectivity index (χ3v) is 3.36. The Labute approximate surface area is 115 Å². The summed E-state index contributed by atoms with van der Waals surface area (Å²) in [7, 11) is 0. The Balaban J connectivity index is 2.89. The van der Waals surface area contributed by atoms with E-state index in [0.717, 1.165) is 0 Å². The molecule has 0 radical (unpaired) electrons. The first-order chi connectivity index (χ1) is 8.85. The number of rotatable bonds is 5. The smallest absolute Gasteiger partial charge is 0.313 e. The van der Waals surface area contributed by atoms with Crippen LogP contribution in [0.25, 0.3) is 0 Å². The molecule has 0 spiro atoms. The molecular formula is C16H24O3. The summed E-state index contributed by atoms with van der Waals surface area (Å²) in [6.45, 7) is 7.96. The van der Waals surface area contributed by atoms with Gasteiger partial charge in [0, 0.05) is 11.8 Å². The van der Waals surface area contributed by atoms with Crippen LogP contribution in [0.1, 0.15) is 40.5 Å². The Kier molecular flexibility index (Phi) is 5.52. The van der Waals surface area contributed by atoms with Crippen molar-refractivity contribution in [3.63, 3.8) is 0 Å². The molecule has 1 rings (SSSR count). The molecule has 0 aromatic rings. The quantitative estimate of drug-likeness (QED) is 0.565. The normalized spacial score (nSPS) is 24.8. The summed E-state index contributed by atoms with van der Waals surface area (Å²) in [6, 6.07) is 0. The molecule has 0 aromatic heterocycles. The number of ketones is 1. The van der Waals surface area contributed by atoms with E-state index in [9.17, 15) is 9.59 Å². The highest BCUT2D eigenvalue weighted by molar-refractivity contribution is 5.77. The van der Waals surface area contributed by atoms with Crippen LogP contribution < -0.4 is 0 Å². The topological polar surface area (TPSA) is 43.4 Å². The summed E-state index contributed by atoms with van der Waals surface area (Å²) < 4.78 is 5.13. The maximum atomic E-state index is 12.0. The van der Waals surface area contributed by atoms with Crippen molar-refractivity contribution >= 4 is 11.8 Å². The van der Waals surface area contributed by atoms with E-state index in [0.29, 0.717) is 19.4 Å². The maximum Gasteiger partial charge on any atom is 0.313 e. The lowest BCUT2D eigenvalue weighted by molar-refractivity contribution is -0.147. The molecule has 1 aliphatic carbocycles. The van der Waals surface area contributed by atoms with E-state index in [1.807, 2.05) is 19.1 Å². The van der Waals surface area contributed by atoms with Crippen LogP contribution in [0.4, 0.5) is 0 Å². The van der Waals surface area contributed by atoms with Crippen LogP contribution in [0.5, 0.6) is 0 Å². The second-order valence-electron chi connectivity index (χ2n) is 5.72. The molecule has 19 heavy (non-hydrogen) atoms. The Morgan fingerprint density at radius 1 is 1.21 bits per heavy atom. The van der Waals surface area contributed by atoms with E-state index in [4.69, 9.17) is 4.74 Å². The van der Waals surface area contributed by atoms with Gasteiger partial charge >= 0.3 is 5.97 Å². The lowest BCUT2D eigenvalue weighted by atomic mass is 9.88. The monoisotopic (exact) mass is 264 g/mol. The molecule has 0 amide bonds. The van der Waals surface area contributed by atoms with Crippen molar-refractivity contribution in [1.82, 2.24) is 0 Å². The number of ether oxygens (including phenoxy) is 1. The molecular weight excluding hydrogens is 240 g/mol. The molecule has 0 fully saturated rings. The molecule has 3 heteroatoms. The van der Waals surface area contributed by atoms with Gasteiger partial charge in [-0.25, -0.2) is 0 Å². The predicted molar refractivity (Wildman–Crippen MR) is 75.6 cm³/mol. The number of Topliss-reactive ketones (excluding diaryl/α,β-unsaturated/α-hetero) is 1. The zero-order valence-electron chi connectivity index (χ0n) is 12.3. The summed E-state index contributed by atoms with van der Waals surface area (Å²) in [5, 5.41) is 0. The zero-order chi connectivity index (χ0) is 14.5. The highest BCUT2D eigenvalue weighted by Gasteiger charge is 2.28. The summed E-state index contributed by atoms with van der Waals surface area (Å²) >= 11 is 0. The van der Waals surface area contributed by atoms with Crippen LogP contribution in [-0.2, 0) is 14.3 Å². The van der Waals surface area contributed by atoms with E-state index >= 15 is 0 Å². The van der Waals surface area contributed by atoms with Crippen molar-refractivity contribution in [1.29, 1.82) is 0 Å². The summed E-state index contributed by atoms with van der Waals surface area (Å²) in [6.07, 6.45) is 9.33. The average molecular weight is 264 g/mol. The minimum Gasteiger partial charge on any atom is -0.466 e. The van der Waals surface area contributed by atoms with Gasteiger partial charge in [-0.15, -0.1) is 0 Å². The highest BCUT2D eigenvalue weighted by Crippen LogP contribution is 2.31. The minimum atomic E-state index is -0.280. The van der Waals surface area contributed by atoms with E-state index < -0.39 is 0 Å². The fourth-order valence-corrected chi connectivity index (χ4v) is 2.18. The fraction of sp³-hybridized carbons (Fsp3) is 0.625. The van der Waals surface area contributed by atoms with Crippen molar-refractivity contribution in [3.8, 4) is 0 Å². The van der Waals surface area contributed by atoms with Crippen LogP contribution in [0, 0.1) is 17.3 Å². The lowest BCUT2D eigenvalue weighted by Gasteiger charge is -2.19. The third-order valence-electron chi connectivity index (χ3n) is 3.36. The Bertz CT molecular complexity index is 391. The molecule has 0 N–H and O–H groups in total. The molecule has 106 valence electrons. The SMILES string of the molecule is CCOC(=O)[C@H]1C=CC(C)(C)C=C[C@H]1CCC(C)=O. The predicted octanol–water partition coefficient (Wildman–Crippen LogP) is 3.30. The van der Waals surface area contributed by atoms with Crippen LogP contribution >= 0.6 is 0 Å². The molecule has 0 bridgehead atoms. The zero-order valence-corrected chi connectivity index (χ0v) is 12.3. The number of allylic oxidation sites excluding steroid dienone is 3. The van der Waals surface area contributed by atoms with E-state index in [1.54, 1.807) is 6.92 Å². The van der Waals surface area contributed by atoms with E-state index in [2.05, 4.69) is 26.0 Å². The van der Waals surface area contributed by atoms with Gasteiger partial charge in [-0.1, -0.05) is 38.2 Å². The van der Waals surface area contributed by atoms with Crippen molar-refractivity contribution in [3.05, 3.63) is 24.3 Å². The number of hydrogen-bond acceptors (Lipinski definition) is 3. The molecule has 0 saturated carbocycles. The van der Waals surface area contributed by atoms with E-state index in [-0.39, 0.29) is 29.0 Å². The highest BCUT2D eigenvalue weighted by atomic mass is 16.5. The number of esters is 1. The molecule has 2 atom stereocenters. The van der Waals surface area contributed by atoms with Gasteiger partial charge in [-0.3, -0.25) is 4.79 Å². The molecule has 1 aliphatic rings. The van der Waals surface area contributed by atoms with Gasteiger partial charge in [0.25, 0.3) is 0 Å². The lowest BCUT2D eigenvalue weighted by Crippen LogP contribution is -2.23. The first-order valence-electron chi connectivity index (χ1n) is 6.90. The average Bonchev–Trinajstić information content (AvgIpc) is 2.46. The Morgan fingerprint density at radius 2 is 1.84 bits per heavy atom. The summed E-state index contributed by atoms with van der Waals surface area (Å²) in [4.78, 5) is 23.2. The third kappa shape index (κ3) is 5.01. The maximum absolute atomic E-state index is 12.0. The summed E-state index contributed by atoms with van der Waals surface area (Å²) in [5.74, 6) is -0.281. The fourth-order valence-electron chi connectivity index (χ4n) is 2.18. The van der Waals surface area contributed by atoms with Gasteiger partial charge in [0.15, 0.2) is 0 Å². The van der Waals surface area contributed by atoms with Crippen LogP contribution in [0.15, 0.2) is 24.3 Å². The van der Waals surface area contributed by atoms with Crippen molar-refractivity contribution in [2.24, 2.45) is 17.3 Å². The van der Waals surface area contributed by atoms with Gasteiger partial charge < -0.3 is 9.53 Å². The van der Waals surface area contributed by atoms with Gasteiger partial charge in [0.05, 0.1) is 12.5 Å². The largest absolute Gasteiger partial charge is 0.466 e. The van der Waals surface area contributed by atoms with Crippen molar-refractivity contribution < 1.29 is 14.3 Å².